The fraction of sp³-hybridized carbons (Fsp3) is 0.917. The van der Waals surface area contributed by atoms with Gasteiger partial charge in [0.2, 0.25) is 0 Å². The maximum Gasteiger partial charge on any atom is 0.165 e. The zero-order chi connectivity index (χ0) is 13.0. The third-order valence-electron chi connectivity index (χ3n) is 3.51. The molecule has 0 spiro atoms. The Morgan fingerprint density at radius 1 is 1.44 bits per heavy atom. The van der Waals surface area contributed by atoms with Crippen LogP contribution < -0.4 is 5.32 Å². The van der Waals surface area contributed by atoms with Crippen molar-refractivity contribution >= 4 is 11.8 Å². The summed E-state index contributed by atoms with van der Waals surface area (Å²) >= 11 is 1.97. The molecule has 0 aliphatic heterocycles. The van der Waals surface area contributed by atoms with Crippen molar-refractivity contribution in [1.82, 2.24) is 25.5 Å². The van der Waals surface area contributed by atoms with Crippen LogP contribution in [0.25, 0.3) is 0 Å². The number of aromatic nitrogens is 4. The van der Waals surface area contributed by atoms with Gasteiger partial charge in [0, 0.05) is 11.3 Å². The zero-order valence-corrected chi connectivity index (χ0v) is 12.3. The zero-order valence-electron chi connectivity index (χ0n) is 11.5. The Hall–Kier alpha value is -0.620. The highest BCUT2D eigenvalue weighted by Crippen LogP contribution is 2.33. The lowest BCUT2D eigenvalue weighted by atomic mass is 9.95. The highest BCUT2D eigenvalue weighted by atomic mass is 32.2. The van der Waals surface area contributed by atoms with E-state index in [2.05, 4.69) is 40.9 Å². The Morgan fingerprint density at radius 3 is 3.00 bits per heavy atom. The van der Waals surface area contributed by atoms with Gasteiger partial charge in [-0.1, -0.05) is 20.3 Å². The van der Waals surface area contributed by atoms with Gasteiger partial charge in [-0.15, -0.1) is 5.10 Å². The van der Waals surface area contributed by atoms with Crippen LogP contribution in [-0.4, -0.2) is 37.8 Å². The summed E-state index contributed by atoms with van der Waals surface area (Å²) in [6.45, 7) is 5.03. The second-order valence-electron chi connectivity index (χ2n) is 5.25. The van der Waals surface area contributed by atoms with Crippen molar-refractivity contribution in [3.8, 4) is 0 Å². The molecule has 1 saturated carbocycles. The van der Waals surface area contributed by atoms with Gasteiger partial charge in [0.1, 0.15) is 0 Å². The normalized spacial score (nSPS) is 24.7. The third-order valence-corrected chi connectivity index (χ3v) is 4.60. The summed E-state index contributed by atoms with van der Waals surface area (Å²) < 4.78 is 2.04. The van der Waals surface area contributed by atoms with E-state index < -0.39 is 0 Å². The van der Waals surface area contributed by atoms with Crippen molar-refractivity contribution in [3.63, 3.8) is 0 Å². The maximum atomic E-state index is 4.19. The standard InChI is InChI=1S/C12H23N5S/c1-9(2)13-8-12-14-15-16-17(12)10-5-4-6-11(7-10)18-3/h9-11,13H,4-8H2,1-3H3. The van der Waals surface area contributed by atoms with Crippen LogP contribution in [0.5, 0.6) is 0 Å². The SMILES string of the molecule is CSC1CCCC(n2nnnc2CNC(C)C)C1. The van der Waals surface area contributed by atoms with Crippen LogP contribution in [0.3, 0.4) is 0 Å². The molecule has 2 atom stereocenters. The second kappa shape index (κ2) is 6.52. The number of thioether (sulfide) groups is 1. The van der Waals surface area contributed by atoms with E-state index in [4.69, 9.17) is 0 Å². The van der Waals surface area contributed by atoms with Gasteiger partial charge in [-0.2, -0.15) is 11.8 Å². The van der Waals surface area contributed by atoms with Gasteiger partial charge >= 0.3 is 0 Å². The number of hydrogen-bond acceptors (Lipinski definition) is 5. The van der Waals surface area contributed by atoms with Crippen LogP contribution in [0.15, 0.2) is 0 Å². The van der Waals surface area contributed by atoms with Gasteiger partial charge in [-0.25, -0.2) is 4.68 Å². The minimum Gasteiger partial charge on any atom is -0.308 e. The molecule has 6 heteroatoms. The summed E-state index contributed by atoms with van der Waals surface area (Å²) in [6, 6.07) is 0.940. The Balaban J connectivity index is 2.01. The topological polar surface area (TPSA) is 55.6 Å². The van der Waals surface area contributed by atoms with Gasteiger partial charge in [0.05, 0.1) is 12.6 Å². The fourth-order valence-corrected chi connectivity index (χ4v) is 3.28. The molecular formula is C12H23N5S. The lowest BCUT2D eigenvalue weighted by Gasteiger charge is -2.28. The van der Waals surface area contributed by atoms with Gasteiger partial charge < -0.3 is 5.32 Å². The van der Waals surface area contributed by atoms with Crippen LogP contribution in [0.2, 0.25) is 0 Å². The molecule has 1 aromatic heterocycles. The Morgan fingerprint density at radius 2 is 2.28 bits per heavy atom. The fourth-order valence-electron chi connectivity index (χ4n) is 2.46. The van der Waals surface area contributed by atoms with E-state index in [0.29, 0.717) is 12.1 Å². The Labute approximate surface area is 113 Å². The monoisotopic (exact) mass is 269 g/mol. The predicted molar refractivity (Wildman–Crippen MR) is 74.6 cm³/mol. The van der Waals surface area contributed by atoms with E-state index >= 15 is 0 Å². The molecule has 1 heterocycles. The highest BCUT2D eigenvalue weighted by Gasteiger charge is 2.25. The first kappa shape index (κ1) is 13.8. The number of tetrazole rings is 1. The van der Waals surface area contributed by atoms with E-state index in [1.54, 1.807) is 0 Å². The summed E-state index contributed by atoms with van der Waals surface area (Å²) in [6.07, 6.45) is 7.22. The first-order valence-electron chi connectivity index (χ1n) is 6.73. The summed E-state index contributed by atoms with van der Waals surface area (Å²) in [5.41, 5.74) is 0. The third kappa shape index (κ3) is 3.45. The average Bonchev–Trinajstić information content (AvgIpc) is 2.84. The molecule has 1 N–H and O–H groups in total. The molecule has 1 fully saturated rings. The first-order valence-corrected chi connectivity index (χ1v) is 8.02. The molecule has 18 heavy (non-hydrogen) atoms. The Bertz CT molecular complexity index is 365. The van der Waals surface area contributed by atoms with Crippen molar-refractivity contribution in [2.45, 2.75) is 63.4 Å². The number of nitrogens with zero attached hydrogens (tertiary/aromatic N) is 4. The maximum absolute atomic E-state index is 4.19. The van der Waals surface area contributed by atoms with Crippen LogP contribution >= 0.6 is 11.8 Å². The minimum atomic E-state index is 0.459. The number of hydrogen-bond donors (Lipinski definition) is 1. The minimum absolute atomic E-state index is 0.459. The van der Waals surface area contributed by atoms with Crippen molar-refractivity contribution in [1.29, 1.82) is 0 Å². The molecular weight excluding hydrogens is 246 g/mol. The lowest BCUT2D eigenvalue weighted by molar-refractivity contribution is 0.320. The van der Waals surface area contributed by atoms with Gasteiger partial charge in [0.15, 0.2) is 5.82 Å². The molecule has 0 aromatic carbocycles. The molecule has 0 radical (unpaired) electrons. The average molecular weight is 269 g/mol. The van der Waals surface area contributed by atoms with E-state index in [0.717, 1.165) is 17.6 Å². The molecule has 1 aliphatic carbocycles. The first-order chi connectivity index (χ1) is 8.70. The van der Waals surface area contributed by atoms with Gasteiger partial charge in [-0.05, 0) is 35.9 Å². The van der Waals surface area contributed by atoms with E-state index in [-0.39, 0.29) is 0 Å². The van der Waals surface area contributed by atoms with Crippen molar-refractivity contribution in [2.24, 2.45) is 0 Å². The lowest BCUT2D eigenvalue weighted by Crippen LogP contribution is -2.27. The molecule has 5 nitrogen and oxygen atoms in total. The summed E-state index contributed by atoms with van der Waals surface area (Å²) in [7, 11) is 0. The summed E-state index contributed by atoms with van der Waals surface area (Å²) in [4.78, 5) is 0. The van der Waals surface area contributed by atoms with Gasteiger partial charge in [0.25, 0.3) is 0 Å². The second-order valence-corrected chi connectivity index (χ2v) is 6.39. The van der Waals surface area contributed by atoms with Crippen LogP contribution in [0.1, 0.15) is 51.4 Å². The molecule has 0 saturated heterocycles. The summed E-state index contributed by atoms with van der Waals surface area (Å²) in [5, 5.41) is 16.3. The number of nitrogens with one attached hydrogen (secondary N) is 1. The summed E-state index contributed by atoms with van der Waals surface area (Å²) in [5.74, 6) is 0.968. The molecule has 0 amide bonds. The van der Waals surface area contributed by atoms with E-state index in [1.165, 1.54) is 25.7 Å². The molecule has 0 bridgehead atoms. The molecule has 1 aliphatic rings. The van der Waals surface area contributed by atoms with Crippen molar-refractivity contribution < 1.29 is 0 Å². The van der Waals surface area contributed by atoms with Gasteiger partial charge in [-0.3, -0.25) is 0 Å². The quantitative estimate of drug-likeness (QED) is 0.886. The van der Waals surface area contributed by atoms with Crippen molar-refractivity contribution in [2.75, 3.05) is 6.26 Å². The van der Waals surface area contributed by atoms with Crippen LogP contribution in [0, 0.1) is 0 Å². The predicted octanol–water partition coefficient (Wildman–Crippen LogP) is 2.02. The molecule has 102 valence electrons. The van der Waals surface area contributed by atoms with E-state index in [1.807, 2.05) is 16.4 Å². The Kier molecular flexibility index (Phi) is 5.00. The largest absolute Gasteiger partial charge is 0.308 e. The molecule has 2 rings (SSSR count). The van der Waals surface area contributed by atoms with Crippen LogP contribution in [0.4, 0.5) is 0 Å². The van der Waals surface area contributed by atoms with Crippen LogP contribution in [-0.2, 0) is 6.54 Å². The smallest absolute Gasteiger partial charge is 0.165 e. The number of rotatable bonds is 5. The molecule has 2 unspecified atom stereocenters. The molecule has 1 aromatic rings. The van der Waals surface area contributed by atoms with E-state index in [9.17, 15) is 0 Å². The highest BCUT2D eigenvalue weighted by molar-refractivity contribution is 7.99. The van der Waals surface area contributed by atoms with Crippen molar-refractivity contribution in [3.05, 3.63) is 5.82 Å².